The molecule has 12 aromatic carbocycles. The second kappa shape index (κ2) is 23.4. The number of anilines is 6. The van der Waals surface area contributed by atoms with Crippen LogP contribution in [0, 0.1) is 13.8 Å². The highest BCUT2D eigenvalue weighted by molar-refractivity contribution is 7.00. The molecule has 486 valence electrons. The van der Waals surface area contributed by atoms with Crippen LogP contribution in [-0.2, 0) is 27.1 Å². The van der Waals surface area contributed by atoms with Crippen molar-refractivity contribution in [3.05, 3.63) is 287 Å². The zero-order chi connectivity index (χ0) is 75.7. The molecule has 0 spiro atoms. The zero-order valence-corrected chi connectivity index (χ0v) is 60.0. The maximum absolute atomic E-state index is 9.80. The van der Waals surface area contributed by atoms with E-state index >= 15 is 0 Å². The van der Waals surface area contributed by atoms with Crippen LogP contribution in [0.5, 0.6) is 0 Å². The average Bonchev–Trinajstić information content (AvgIpc) is 0.991. The van der Waals surface area contributed by atoms with E-state index in [4.69, 9.17) is 2.74 Å². The molecule has 4 heteroatoms. The van der Waals surface area contributed by atoms with Gasteiger partial charge in [-0.15, -0.1) is 0 Å². The van der Waals surface area contributed by atoms with Gasteiger partial charge in [-0.05, 0) is 172 Å². The van der Waals surface area contributed by atoms with Crippen LogP contribution < -0.4 is 26.2 Å². The minimum atomic E-state index is -0.491. The molecule has 0 fully saturated rings. The number of rotatable bonds is 8. The molecule has 3 heterocycles. The summed E-state index contributed by atoms with van der Waals surface area (Å²) in [4.78, 5) is 4.98. The van der Waals surface area contributed by atoms with Gasteiger partial charge in [-0.25, -0.2) is 0 Å². The summed E-state index contributed by atoms with van der Waals surface area (Å²) in [6, 6.07) is 71.0. The van der Waals surface area contributed by atoms with Crippen molar-refractivity contribution in [2.75, 3.05) is 9.80 Å². The largest absolute Gasteiger partial charge is 0.310 e. The van der Waals surface area contributed by atoms with E-state index in [0.29, 0.717) is 5.69 Å². The van der Waals surface area contributed by atoms with Crippen LogP contribution in [0.25, 0.3) is 83.1 Å². The molecule has 0 N–H and O–H groups in total. The molecule has 2 aliphatic heterocycles. The molecular formula is C94H92BN3. The molecule has 0 amide bonds. The lowest BCUT2D eigenvalue weighted by Gasteiger charge is -2.45. The minimum Gasteiger partial charge on any atom is -0.310 e. The van der Waals surface area contributed by atoms with Crippen LogP contribution in [0.4, 0.5) is 34.1 Å². The Morgan fingerprint density at radius 2 is 0.673 bits per heavy atom. The Balaban J connectivity index is 1.12. The summed E-state index contributed by atoms with van der Waals surface area (Å²) in [6.45, 7) is 37.8. The van der Waals surface area contributed by atoms with Gasteiger partial charge in [0.1, 0.15) is 0 Å². The number of hydrogen-bond donors (Lipinski definition) is 0. The molecule has 0 saturated heterocycles. The maximum atomic E-state index is 9.80. The summed E-state index contributed by atoms with van der Waals surface area (Å²) in [5.74, 6) is 0. The molecule has 3 nitrogen and oxygen atoms in total. The zero-order valence-electron chi connectivity index (χ0n) is 68.0. The molecule has 2 aliphatic rings. The number of nitrogens with zero attached hydrogens (tertiary/aromatic N) is 3. The number of para-hydroxylation sites is 4. The van der Waals surface area contributed by atoms with Crippen LogP contribution in [-0.4, -0.2) is 11.3 Å². The second-order valence-corrected chi connectivity index (χ2v) is 32.6. The van der Waals surface area contributed by atoms with Crippen LogP contribution in [0.2, 0.25) is 0 Å². The average molecular weight is 1280 g/mol. The van der Waals surface area contributed by atoms with Crippen LogP contribution >= 0.6 is 0 Å². The van der Waals surface area contributed by atoms with Crippen molar-refractivity contribution >= 4 is 79.0 Å². The Morgan fingerprint density at radius 3 is 1.06 bits per heavy atom. The first-order chi connectivity index (χ1) is 49.9. The third-order valence-corrected chi connectivity index (χ3v) is 20.7. The molecule has 0 saturated carbocycles. The van der Waals surface area contributed by atoms with E-state index in [-0.39, 0.29) is 73.1 Å². The van der Waals surface area contributed by atoms with Gasteiger partial charge < -0.3 is 14.4 Å². The van der Waals surface area contributed by atoms with Gasteiger partial charge in [0, 0.05) is 61.5 Å². The number of aromatic nitrogens is 1. The van der Waals surface area contributed by atoms with Crippen molar-refractivity contribution in [2.45, 2.75) is 145 Å². The fourth-order valence-corrected chi connectivity index (χ4v) is 15.3. The van der Waals surface area contributed by atoms with Crippen molar-refractivity contribution in [1.29, 1.82) is 0 Å². The minimum absolute atomic E-state index is 0.0208. The summed E-state index contributed by atoms with van der Waals surface area (Å²) in [7, 11) is 0. The maximum Gasteiger partial charge on any atom is 0.252 e. The Kier molecular flexibility index (Phi) is 13.2. The molecule has 1 aromatic heterocycles. The topological polar surface area (TPSA) is 11.4 Å². The summed E-state index contributed by atoms with van der Waals surface area (Å²) in [5, 5.41) is 0.0417. The summed E-state index contributed by atoms with van der Waals surface area (Å²) >= 11 is 0. The molecular weight excluding hydrogens is 1180 g/mol. The lowest BCUT2D eigenvalue weighted by Crippen LogP contribution is -2.61. The number of aryl methyl sites for hydroxylation is 2. The Labute approximate surface area is 594 Å². The summed E-state index contributed by atoms with van der Waals surface area (Å²) in [5.41, 5.74) is 27.8. The fraction of sp³-hybridized carbons (Fsp3) is 0.234. The van der Waals surface area contributed by atoms with Crippen molar-refractivity contribution in [3.63, 3.8) is 0 Å². The molecule has 0 unspecified atom stereocenters. The van der Waals surface area contributed by atoms with Crippen molar-refractivity contribution in [1.82, 2.24) is 4.57 Å². The molecule has 15 rings (SSSR count). The van der Waals surface area contributed by atoms with Crippen LogP contribution in [0.15, 0.2) is 249 Å². The van der Waals surface area contributed by atoms with Gasteiger partial charge in [-0.1, -0.05) is 310 Å². The van der Waals surface area contributed by atoms with Gasteiger partial charge in [0.25, 0.3) is 6.71 Å². The monoisotopic (exact) mass is 1280 g/mol. The van der Waals surface area contributed by atoms with E-state index in [1.807, 2.05) is 6.07 Å². The molecule has 98 heavy (non-hydrogen) atoms. The third-order valence-electron chi connectivity index (χ3n) is 20.7. The lowest BCUT2D eigenvalue weighted by molar-refractivity contribution is 0.589. The van der Waals surface area contributed by atoms with Gasteiger partial charge in [0.15, 0.2) is 0 Å². The number of fused-ring (bicyclic) bond motifs is 7. The smallest absolute Gasteiger partial charge is 0.252 e. The predicted molar refractivity (Wildman–Crippen MR) is 425 cm³/mol. The summed E-state index contributed by atoms with van der Waals surface area (Å²) in [6.07, 6.45) is 0. The SMILES string of the molecule is [2H]c1c([2H])c([2H])c2c(c1[2H])c1c([2H])c([2H])c([2H])c([2H])c1n2-c1ccc2c(c1)N(c1c(-c3ccc(C(C)(C)C)cc3)cccc1-c1ccc(C(C)(C)C)cc1)c1cccc3c1B2c1cc(-c2c(C)cc(C(C)(C)C)cc2C)ccc1N3c1c(-c2ccc(C(C)(C)C)cc2)cccc1-c1ccc(C(C)(C)C)cc1. The molecule has 0 radical (unpaired) electrons. The van der Waals surface area contributed by atoms with E-state index in [1.165, 1.54) is 44.5 Å². The van der Waals surface area contributed by atoms with Gasteiger partial charge in [0.05, 0.1) is 33.4 Å². The fourth-order valence-electron chi connectivity index (χ4n) is 15.3. The van der Waals surface area contributed by atoms with Gasteiger partial charge in [-0.3, -0.25) is 0 Å². The Hall–Kier alpha value is -9.90. The highest BCUT2D eigenvalue weighted by atomic mass is 15.2. The molecule has 0 atom stereocenters. The Morgan fingerprint density at radius 1 is 0.316 bits per heavy atom. The highest BCUT2D eigenvalue weighted by Crippen LogP contribution is 2.54. The molecule has 0 bridgehead atoms. The quantitative estimate of drug-likeness (QED) is 0.141. The molecule has 13 aromatic rings. The van der Waals surface area contributed by atoms with Crippen LogP contribution in [0.3, 0.4) is 0 Å². The van der Waals surface area contributed by atoms with E-state index in [1.54, 1.807) is 4.57 Å². The number of hydrogen-bond acceptors (Lipinski definition) is 2. The van der Waals surface area contributed by atoms with Crippen molar-refractivity contribution in [3.8, 4) is 61.3 Å². The lowest BCUT2D eigenvalue weighted by atomic mass is 9.33. The normalized spacial score (nSPS) is 14.4. The molecule has 0 aliphatic carbocycles. The number of benzene rings is 12. The van der Waals surface area contributed by atoms with E-state index in [0.717, 1.165) is 101 Å². The first kappa shape index (κ1) is 55.1. The first-order valence-electron chi connectivity index (χ1n) is 38.8. The Bertz CT molecular complexity index is 5530. The third kappa shape index (κ3) is 11.0. The predicted octanol–water partition coefficient (Wildman–Crippen LogP) is 24.3. The van der Waals surface area contributed by atoms with Gasteiger partial charge in [-0.2, -0.15) is 0 Å². The van der Waals surface area contributed by atoms with E-state index in [9.17, 15) is 8.22 Å². The standard InChI is InChI=1S/C94H92BN3/c1-59-55-70(94(15,16)17)56-60(2)86(59)65-43-54-82-79(57-65)95-78-53-52-71(96-80-31-20-18-25-76(80)77-26-19-21-32-81(77)96)58-85(78)98(89-74(63-39-48-68(49-40-63)92(9,10)11)29-23-30-75(89)64-41-50-69(51-42-64)93(12,13)14)84-34-24-33-83(87(84)95)97(82)88-72(61-35-44-66(45-36-61)90(3,4)5)27-22-28-73(88)62-37-46-67(47-38-62)91(6,7)8/h18-58H,1-17H3/i18D,19D,20D,21D,25D,26D,31D,32D. The second-order valence-electron chi connectivity index (χ2n) is 32.6. The summed E-state index contributed by atoms with van der Waals surface area (Å²) < 4.78 is 76.9. The van der Waals surface area contributed by atoms with Crippen molar-refractivity contribution in [2.24, 2.45) is 0 Å². The van der Waals surface area contributed by atoms with Crippen LogP contribution in [0.1, 0.15) is 154 Å². The van der Waals surface area contributed by atoms with Gasteiger partial charge in [0.2, 0.25) is 0 Å². The van der Waals surface area contributed by atoms with E-state index < -0.39 is 30.9 Å². The van der Waals surface area contributed by atoms with E-state index in [2.05, 4.69) is 322 Å². The van der Waals surface area contributed by atoms with Gasteiger partial charge >= 0.3 is 0 Å². The highest BCUT2D eigenvalue weighted by Gasteiger charge is 2.45. The van der Waals surface area contributed by atoms with Crippen molar-refractivity contribution < 1.29 is 11.0 Å². The first-order valence-corrected chi connectivity index (χ1v) is 34.8.